The van der Waals surface area contributed by atoms with Crippen LogP contribution in [0, 0.1) is 13.8 Å². The summed E-state index contributed by atoms with van der Waals surface area (Å²) in [5, 5.41) is 9.56. The molecule has 2 aliphatic heterocycles. The fourth-order valence-electron chi connectivity index (χ4n) is 6.46. The number of nitrogens with one attached hydrogen (secondary N) is 2. The number of rotatable bonds is 11. The van der Waals surface area contributed by atoms with Crippen LogP contribution in [0.4, 0.5) is 0 Å². The molecule has 0 spiro atoms. The third-order valence-electron chi connectivity index (χ3n) is 8.78. The normalized spacial score (nSPS) is 20.7. The lowest BCUT2D eigenvalue weighted by atomic mass is 9.98. The predicted octanol–water partition coefficient (Wildman–Crippen LogP) is 3.81. The van der Waals surface area contributed by atoms with Crippen molar-refractivity contribution in [1.29, 1.82) is 0 Å². The molecule has 4 N–H and O–H groups in total. The van der Waals surface area contributed by atoms with Crippen molar-refractivity contribution in [3.8, 4) is 0 Å². The number of hydrogen-bond acceptors (Lipinski definition) is 5. The van der Waals surface area contributed by atoms with E-state index in [1.807, 2.05) is 0 Å². The zero-order valence-corrected chi connectivity index (χ0v) is 24.4. The molecule has 5 rings (SSSR count). The standard InChI is InChI=1S/C34H47N5O/c1-25-9-11-29(26(2)18-25)21-31(35)23-38-16-17-39(24-33(38)8-5-14-37-32-13-15-36-22-32)34(40)20-27-10-12-28-6-3-4-7-30(28)19-27/h3-4,6-7,9-12,18-19,31-33,36-37H,5,8,13-17,20-24,35H2,1-2H3/t31-,32?,33+/m1/s1. The molecule has 214 valence electrons. The topological polar surface area (TPSA) is 73.6 Å². The fourth-order valence-corrected chi connectivity index (χ4v) is 6.46. The Labute approximate surface area is 240 Å². The average Bonchev–Trinajstić information content (AvgIpc) is 3.47. The lowest BCUT2D eigenvalue weighted by Crippen LogP contribution is -2.57. The molecule has 6 heteroatoms. The van der Waals surface area contributed by atoms with Crippen molar-refractivity contribution < 1.29 is 4.79 Å². The van der Waals surface area contributed by atoms with Crippen LogP contribution >= 0.6 is 0 Å². The molecule has 2 fully saturated rings. The van der Waals surface area contributed by atoms with Crippen molar-refractivity contribution in [2.75, 3.05) is 45.8 Å². The van der Waals surface area contributed by atoms with Gasteiger partial charge in [-0.1, -0.05) is 66.2 Å². The summed E-state index contributed by atoms with van der Waals surface area (Å²) in [7, 11) is 0. The molecule has 40 heavy (non-hydrogen) atoms. The molecule has 0 aliphatic carbocycles. The van der Waals surface area contributed by atoms with Crippen LogP contribution < -0.4 is 16.4 Å². The molecular weight excluding hydrogens is 494 g/mol. The first kappa shape index (κ1) is 28.7. The molecule has 3 atom stereocenters. The van der Waals surface area contributed by atoms with Crippen LogP contribution in [0.15, 0.2) is 60.7 Å². The van der Waals surface area contributed by atoms with E-state index in [4.69, 9.17) is 5.73 Å². The first-order chi connectivity index (χ1) is 19.4. The summed E-state index contributed by atoms with van der Waals surface area (Å²) in [5.41, 5.74) is 11.8. The van der Waals surface area contributed by atoms with E-state index in [1.54, 1.807) is 0 Å². The number of amides is 1. The van der Waals surface area contributed by atoms with Gasteiger partial charge in [-0.2, -0.15) is 0 Å². The third-order valence-corrected chi connectivity index (χ3v) is 8.78. The van der Waals surface area contributed by atoms with Crippen molar-refractivity contribution in [2.45, 2.75) is 64.1 Å². The second kappa shape index (κ2) is 13.7. The van der Waals surface area contributed by atoms with Gasteiger partial charge in [0.05, 0.1) is 6.42 Å². The number of carbonyl (C=O) groups is 1. The summed E-state index contributed by atoms with van der Waals surface area (Å²) in [6, 6.07) is 22.4. The quantitative estimate of drug-likeness (QED) is 0.322. The Kier molecular flexibility index (Phi) is 9.87. The van der Waals surface area contributed by atoms with Crippen LogP contribution in [0.1, 0.15) is 41.5 Å². The molecule has 1 unspecified atom stereocenters. The van der Waals surface area contributed by atoms with E-state index in [2.05, 4.69) is 94.9 Å². The maximum Gasteiger partial charge on any atom is 0.227 e. The molecule has 2 saturated heterocycles. The third kappa shape index (κ3) is 7.70. The second-order valence-corrected chi connectivity index (χ2v) is 12.0. The van der Waals surface area contributed by atoms with Gasteiger partial charge in [0.2, 0.25) is 5.91 Å². The summed E-state index contributed by atoms with van der Waals surface area (Å²) >= 11 is 0. The predicted molar refractivity (Wildman–Crippen MR) is 166 cm³/mol. The summed E-state index contributed by atoms with van der Waals surface area (Å²) < 4.78 is 0. The molecule has 2 heterocycles. The van der Waals surface area contributed by atoms with Crippen LogP contribution in [-0.4, -0.2) is 79.6 Å². The van der Waals surface area contributed by atoms with Gasteiger partial charge in [0.25, 0.3) is 0 Å². The molecule has 6 nitrogen and oxygen atoms in total. The lowest BCUT2D eigenvalue weighted by Gasteiger charge is -2.42. The summed E-state index contributed by atoms with van der Waals surface area (Å²) in [6.07, 6.45) is 4.73. The molecule has 3 aromatic rings. The van der Waals surface area contributed by atoms with E-state index in [0.717, 1.165) is 70.6 Å². The summed E-state index contributed by atoms with van der Waals surface area (Å²) in [5.74, 6) is 0.231. The van der Waals surface area contributed by atoms with Gasteiger partial charge in [-0.25, -0.2) is 0 Å². The highest BCUT2D eigenvalue weighted by Crippen LogP contribution is 2.20. The Morgan fingerprint density at radius 3 is 2.73 bits per heavy atom. The van der Waals surface area contributed by atoms with E-state index in [9.17, 15) is 4.79 Å². The van der Waals surface area contributed by atoms with Crippen LogP contribution in [0.5, 0.6) is 0 Å². The number of fused-ring (bicyclic) bond motifs is 1. The van der Waals surface area contributed by atoms with E-state index < -0.39 is 0 Å². The van der Waals surface area contributed by atoms with Gasteiger partial charge in [-0.05, 0) is 80.1 Å². The fraction of sp³-hybridized carbons (Fsp3) is 0.500. The molecular formula is C34H47N5O. The first-order valence-electron chi connectivity index (χ1n) is 15.2. The Hall–Kier alpha value is -2.77. The smallest absolute Gasteiger partial charge is 0.227 e. The largest absolute Gasteiger partial charge is 0.340 e. The molecule has 1 amide bonds. The minimum absolute atomic E-state index is 0.0754. The van der Waals surface area contributed by atoms with Gasteiger partial charge in [0.15, 0.2) is 0 Å². The number of benzene rings is 3. The Morgan fingerprint density at radius 1 is 1.07 bits per heavy atom. The molecule has 0 aromatic heterocycles. The molecule has 3 aromatic carbocycles. The Balaban J connectivity index is 1.20. The SMILES string of the molecule is Cc1ccc(C[C@@H](N)CN2CCN(C(=O)Cc3ccc4ccccc4c3)C[C@@H]2CCCNC2CCNC2)c(C)c1. The average molecular weight is 542 g/mol. The molecule has 2 aliphatic rings. The van der Waals surface area contributed by atoms with Crippen molar-refractivity contribution in [2.24, 2.45) is 5.73 Å². The first-order valence-corrected chi connectivity index (χ1v) is 15.2. The van der Waals surface area contributed by atoms with Crippen molar-refractivity contribution >= 4 is 16.7 Å². The molecule has 0 bridgehead atoms. The van der Waals surface area contributed by atoms with E-state index in [1.165, 1.54) is 33.9 Å². The number of piperazine rings is 1. The monoisotopic (exact) mass is 541 g/mol. The second-order valence-electron chi connectivity index (χ2n) is 12.0. The maximum absolute atomic E-state index is 13.5. The zero-order valence-electron chi connectivity index (χ0n) is 24.4. The number of carbonyl (C=O) groups excluding carboxylic acids is 1. The lowest BCUT2D eigenvalue weighted by molar-refractivity contribution is -0.133. The van der Waals surface area contributed by atoms with Crippen LogP contribution in [0.3, 0.4) is 0 Å². The van der Waals surface area contributed by atoms with Gasteiger partial charge in [-0.15, -0.1) is 0 Å². The Bertz CT molecular complexity index is 1270. The molecule has 0 radical (unpaired) electrons. The van der Waals surface area contributed by atoms with Crippen LogP contribution in [0.25, 0.3) is 10.8 Å². The van der Waals surface area contributed by atoms with Gasteiger partial charge >= 0.3 is 0 Å². The van der Waals surface area contributed by atoms with E-state index in [0.29, 0.717) is 18.5 Å². The number of nitrogens with two attached hydrogens (primary N) is 1. The van der Waals surface area contributed by atoms with Gasteiger partial charge < -0.3 is 21.3 Å². The maximum atomic E-state index is 13.5. The summed E-state index contributed by atoms with van der Waals surface area (Å²) in [6.45, 7) is 10.8. The highest BCUT2D eigenvalue weighted by Gasteiger charge is 2.30. The van der Waals surface area contributed by atoms with Crippen molar-refractivity contribution in [1.82, 2.24) is 20.4 Å². The number of aryl methyl sites for hydroxylation is 2. The van der Waals surface area contributed by atoms with Gasteiger partial charge in [-0.3, -0.25) is 9.69 Å². The highest BCUT2D eigenvalue weighted by molar-refractivity contribution is 5.85. The number of hydrogen-bond donors (Lipinski definition) is 3. The van der Waals surface area contributed by atoms with E-state index >= 15 is 0 Å². The number of nitrogens with zero attached hydrogens (tertiary/aromatic N) is 2. The Morgan fingerprint density at radius 2 is 1.93 bits per heavy atom. The minimum atomic E-state index is 0.0754. The summed E-state index contributed by atoms with van der Waals surface area (Å²) in [4.78, 5) is 18.1. The van der Waals surface area contributed by atoms with Gasteiger partial charge in [0, 0.05) is 50.8 Å². The molecule has 0 saturated carbocycles. The van der Waals surface area contributed by atoms with Crippen LogP contribution in [0.2, 0.25) is 0 Å². The van der Waals surface area contributed by atoms with Crippen molar-refractivity contribution in [3.63, 3.8) is 0 Å². The van der Waals surface area contributed by atoms with E-state index in [-0.39, 0.29) is 11.9 Å². The highest BCUT2D eigenvalue weighted by atomic mass is 16.2. The van der Waals surface area contributed by atoms with Gasteiger partial charge in [0.1, 0.15) is 0 Å². The minimum Gasteiger partial charge on any atom is -0.340 e. The zero-order chi connectivity index (χ0) is 27.9. The van der Waals surface area contributed by atoms with Crippen molar-refractivity contribution in [3.05, 3.63) is 82.9 Å². The van der Waals surface area contributed by atoms with Crippen LogP contribution in [-0.2, 0) is 17.6 Å².